The maximum atomic E-state index is 13.6. The monoisotopic (exact) mass is 419 g/mol. The summed E-state index contributed by atoms with van der Waals surface area (Å²) in [5.74, 6) is -0.818. The molecule has 28 heavy (non-hydrogen) atoms. The van der Waals surface area contributed by atoms with Crippen molar-refractivity contribution in [3.63, 3.8) is 0 Å². The van der Waals surface area contributed by atoms with Gasteiger partial charge in [-0.1, -0.05) is 41.3 Å². The minimum absolute atomic E-state index is 0.000633. The first kappa shape index (κ1) is 19.7. The number of hydrogen-bond donors (Lipinski definition) is 2. The molecule has 2 N–H and O–H groups in total. The molecule has 0 aliphatic carbocycles. The molecule has 0 aliphatic heterocycles. The number of benzene rings is 2. The average molecular weight is 419 g/mol. The maximum Gasteiger partial charge on any atom is 0.293 e. The van der Waals surface area contributed by atoms with E-state index in [-0.39, 0.29) is 22.8 Å². The normalized spacial score (nSPS) is 10.5. The first-order valence-corrected chi connectivity index (χ1v) is 9.75. The van der Waals surface area contributed by atoms with Crippen LogP contribution >= 0.6 is 23.1 Å². The molecule has 0 aliphatic rings. The Balaban J connectivity index is 1.58. The van der Waals surface area contributed by atoms with Crippen LogP contribution in [0.1, 0.15) is 5.56 Å². The van der Waals surface area contributed by atoms with Crippen LogP contribution in [0.5, 0.6) is 0 Å². The summed E-state index contributed by atoms with van der Waals surface area (Å²) in [5, 5.41) is 24.7. The molecule has 1 heterocycles. The van der Waals surface area contributed by atoms with E-state index in [4.69, 9.17) is 0 Å². The molecular formula is C17H14FN5O3S2. The highest BCUT2D eigenvalue weighted by Crippen LogP contribution is 2.29. The Morgan fingerprint density at radius 2 is 2.04 bits per heavy atom. The van der Waals surface area contributed by atoms with Crippen molar-refractivity contribution < 1.29 is 14.1 Å². The fourth-order valence-corrected chi connectivity index (χ4v) is 3.77. The molecule has 0 atom stereocenters. The lowest BCUT2D eigenvalue weighted by molar-refractivity contribution is -0.384. The number of carbonyl (C=O) groups is 1. The lowest BCUT2D eigenvalue weighted by Crippen LogP contribution is -2.15. The van der Waals surface area contributed by atoms with Crippen molar-refractivity contribution in [3.8, 4) is 0 Å². The number of aromatic nitrogens is 2. The highest BCUT2D eigenvalue weighted by molar-refractivity contribution is 8.01. The fourth-order valence-electron chi connectivity index (χ4n) is 2.21. The molecule has 8 nitrogen and oxygen atoms in total. The van der Waals surface area contributed by atoms with E-state index in [0.29, 0.717) is 9.47 Å². The summed E-state index contributed by atoms with van der Waals surface area (Å²) in [4.78, 5) is 22.7. The van der Waals surface area contributed by atoms with Crippen molar-refractivity contribution in [3.05, 3.63) is 64.0 Å². The standard InChI is InChI=1S/C17H14FN5O3S2/c1-10-6-7-13(14(8-10)23(25)26)19-15(24)9-27-17-22-21-16(28-17)20-12-5-3-2-4-11(12)18/h2-8H,9H2,1H3,(H,19,24)(H,20,21). The van der Waals surface area contributed by atoms with Crippen molar-refractivity contribution in [1.82, 2.24) is 10.2 Å². The smallest absolute Gasteiger partial charge is 0.293 e. The van der Waals surface area contributed by atoms with Gasteiger partial charge in [0, 0.05) is 6.07 Å². The number of carbonyl (C=O) groups excluding carboxylic acids is 1. The SMILES string of the molecule is Cc1ccc(NC(=O)CSc2nnc(Nc3ccccc3F)s2)c([N+](=O)[O-])c1. The Hall–Kier alpha value is -3.05. The number of anilines is 3. The van der Waals surface area contributed by atoms with Crippen LogP contribution in [0, 0.1) is 22.9 Å². The Labute approximate surface area is 167 Å². The number of nitro groups is 1. The minimum atomic E-state index is -0.541. The van der Waals surface area contributed by atoms with Crippen molar-refractivity contribution in [2.45, 2.75) is 11.3 Å². The number of aryl methyl sites for hydroxylation is 1. The molecule has 3 aromatic rings. The highest BCUT2D eigenvalue weighted by atomic mass is 32.2. The maximum absolute atomic E-state index is 13.6. The van der Waals surface area contributed by atoms with Crippen LogP contribution in [0.15, 0.2) is 46.8 Å². The summed E-state index contributed by atoms with van der Waals surface area (Å²) in [6, 6.07) is 10.8. The number of halogens is 1. The number of thioether (sulfide) groups is 1. The molecule has 3 rings (SSSR count). The van der Waals surface area contributed by atoms with Crippen LogP contribution in [0.3, 0.4) is 0 Å². The molecule has 11 heteroatoms. The number of para-hydroxylation sites is 1. The third kappa shape index (κ3) is 5.02. The minimum Gasteiger partial charge on any atom is -0.328 e. The molecule has 0 fully saturated rings. The second-order valence-corrected chi connectivity index (χ2v) is 7.79. The predicted octanol–water partition coefficient (Wildman–Crippen LogP) is 4.37. The second kappa shape index (κ2) is 8.76. The lowest BCUT2D eigenvalue weighted by Gasteiger charge is -2.06. The third-order valence-corrected chi connectivity index (χ3v) is 5.44. The number of rotatable bonds is 7. The van der Waals surface area contributed by atoms with E-state index in [9.17, 15) is 19.3 Å². The molecule has 1 amide bonds. The van der Waals surface area contributed by atoms with E-state index in [1.165, 1.54) is 29.5 Å². The van der Waals surface area contributed by atoms with E-state index in [0.717, 1.165) is 17.3 Å². The zero-order chi connectivity index (χ0) is 20.1. The van der Waals surface area contributed by atoms with E-state index in [1.54, 1.807) is 31.2 Å². The zero-order valence-corrected chi connectivity index (χ0v) is 16.1. The Morgan fingerprint density at radius 1 is 1.25 bits per heavy atom. The number of nitrogens with zero attached hydrogens (tertiary/aromatic N) is 3. The number of amides is 1. The summed E-state index contributed by atoms with van der Waals surface area (Å²) in [6.07, 6.45) is 0. The van der Waals surface area contributed by atoms with Gasteiger partial charge in [-0.25, -0.2) is 4.39 Å². The van der Waals surface area contributed by atoms with Gasteiger partial charge < -0.3 is 10.6 Å². The van der Waals surface area contributed by atoms with Gasteiger partial charge in [-0.05, 0) is 30.7 Å². The molecule has 0 spiro atoms. The number of nitrogens with one attached hydrogen (secondary N) is 2. The van der Waals surface area contributed by atoms with E-state index >= 15 is 0 Å². The van der Waals surface area contributed by atoms with Gasteiger partial charge >= 0.3 is 0 Å². The van der Waals surface area contributed by atoms with Gasteiger partial charge in [-0.15, -0.1) is 10.2 Å². The number of nitro benzene ring substituents is 1. The summed E-state index contributed by atoms with van der Waals surface area (Å²) in [5.41, 5.74) is 0.980. The predicted molar refractivity (Wildman–Crippen MR) is 107 cm³/mol. The van der Waals surface area contributed by atoms with E-state index in [1.807, 2.05) is 0 Å². The molecule has 0 saturated carbocycles. The van der Waals surface area contributed by atoms with Crippen LogP contribution in [0.4, 0.5) is 26.6 Å². The second-order valence-electron chi connectivity index (χ2n) is 5.59. The molecular weight excluding hydrogens is 405 g/mol. The van der Waals surface area contributed by atoms with Gasteiger partial charge in [0.25, 0.3) is 5.69 Å². The first-order valence-electron chi connectivity index (χ1n) is 7.95. The molecule has 0 unspecified atom stereocenters. The molecule has 0 radical (unpaired) electrons. The first-order chi connectivity index (χ1) is 13.4. The van der Waals surface area contributed by atoms with Crippen molar-refractivity contribution in [2.75, 3.05) is 16.4 Å². The molecule has 0 bridgehead atoms. The van der Waals surface area contributed by atoms with E-state index in [2.05, 4.69) is 20.8 Å². The zero-order valence-electron chi connectivity index (χ0n) is 14.5. The summed E-state index contributed by atoms with van der Waals surface area (Å²) >= 11 is 2.30. The average Bonchev–Trinajstić information content (AvgIpc) is 3.11. The summed E-state index contributed by atoms with van der Waals surface area (Å²) in [7, 11) is 0. The van der Waals surface area contributed by atoms with Crippen molar-refractivity contribution >= 4 is 51.2 Å². The van der Waals surface area contributed by atoms with Crippen LogP contribution in [-0.2, 0) is 4.79 Å². The van der Waals surface area contributed by atoms with Crippen LogP contribution in [0.25, 0.3) is 0 Å². The third-order valence-electron chi connectivity index (χ3n) is 3.47. The van der Waals surface area contributed by atoms with Gasteiger partial charge in [0.1, 0.15) is 11.5 Å². The molecule has 0 saturated heterocycles. The summed E-state index contributed by atoms with van der Waals surface area (Å²) in [6.45, 7) is 1.73. The number of hydrogen-bond acceptors (Lipinski definition) is 8. The molecule has 144 valence electrons. The Bertz CT molecular complexity index is 1030. The summed E-state index contributed by atoms with van der Waals surface area (Å²) < 4.78 is 14.2. The van der Waals surface area contributed by atoms with Crippen LogP contribution < -0.4 is 10.6 Å². The van der Waals surface area contributed by atoms with Gasteiger partial charge in [-0.3, -0.25) is 14.9 Å². The van der Waals surface area contributed by atoms with E-state index < -0.39 is 16.6 Å². The van der Waals surface area contributed by atoms with Gasteiger partial charge in [0.2, 0.25) is 11.0 Å². The van der Waals surface area contributed by atoms with Crippen molar-refractivity contribution in [1.29, 1.82) is 0 Å². The quantitative estimate of drug-likeness (QED) is 0.332. The lowest BCUT2D eigenvalue weighted by atomic mass is 10.2. The fraction of sp³-hybridized carbons (Fsp3) is 0.118. The van der Waals surface area contributed by atoms with Crippen LogP contribution in [0.2, 0.25) is 0 Å². The topological polar surface area (TPSA) is 110 Å². The molecule has 2 aromatic carbocycles. The Kier molecular flexibility index (Phi) is 6.16. The van der Waals surface area contributed by atoms with Crippen molar-refractivity contribution in [2.24, 2.45) is 0 Å². The van der Waals surface area contributed by atoms with Crippen LogP contribution in [-0.4, -0.2) is 26.8 Å². The van der Waals surface area contributed by atoms with Gasteiger partial charge in [0.15, 0.2) is 4.34 Å². The van der Waals surface area contributed by atoms with Gasteiger partial charge in [0.05, 0.1) is 16.4 Å². The highest BCUT2D eigenvalue weighted by Gasteiger charge is 2.16. The van der Waals surface area contributed by atoms with Gasteiger partial charge in [-0.2, -0.15) is 0 Å². The molecule has 1 aromatic heterocycles. The largest absolute Gasteiger partial charge is 0.328 e. The Morgan fingerprint density at radius 3 is 2.79 bits per heavy atom.